The summed E-state index contributed by atoms with van der Waals surface area (Å²) < 4.78 is 5.49. The molecule has 1 aromatic rings. The van der Waals surface area contributed by atoms with Gasteiger partial charge in [-0.15, -0.1) is 0 Å². The van der Waals surface area contributed by atoms with Gasteiger partial charge >= 0.3 is 0 Å². The lowest BCUT2D eigenvalue weighted by Gasteiger charge is -2.13. The maximum atomic E-state index is 10.9. The zero-order chi connectivity index (χ0) is 13.9. The summed E-state index contributed by atoms with van der Waals surface area (Å²) in [5, 5.41) is 14.2. The minimum absolute atomic E-state index is 0.0667. The van der Waals surface area contributed by atoms with E-state index in [1.807, 2.05) is 13.0 Å². The first-order valence-electron chi connectivity index (χ1n) is 6.68. The summed E-state index contributed by atoms with van der Waals surface area (Å²) in [6.45, 7) is 5.63. The van der Waals surface area contributed by atoms with Crippen LogP contribution in [-0.4, -0.2) is 18.1 Å². The fraction of sp³-hybridized carbons (Fsp3) is 0.571. The molecule has 1 aliphatic rings. The first-order valence-corrected chi connectivity index (χ1v) is 6.68. The van der Waals surface area contributed by atoms with Gasteiger partial charge < -0.3 is 10.1 Å². The predicted molar refractivity (Wildman–Crippen MR) is 74.7 cm³/mol. The summed E-state index contributed by atoms with van der Waals surface area (Å²) >= 11 is 0. The van der Waals surface area contributed by atoms with E-state index in [1.165, 1.54) is 18.9 Å². The number of hydrogen-bond acceptors (Lipinski definition) is 4. The van der Waals surface area contributed by atoms with Crippen molar-refractivity contribution in [1.82, 2.24) is 0 Å². The fourth-order valence-corrected chi connectivity index (χ4v) is 1.80. The van der Waals surface area contributed by atoms with Crippen molar-refractivity contribution in [2.45, 2.75) is 33.1 Å². The van der Waals surface area contributed by atoms with Crippen LogP contribution < -0.4 is 10.1 Å². The minimum atomic E-state index is -0.386. The summed E-state index contributed by atoms with van der Waals surface area (Å²) in [5.41, 5.74) is 1.18. The number of anilines is 1. The lowest BCUT2D eigenvalue weighted by atomic mass is 10.1. The molecule has 1 saturated carbocycles. The Morgan fingerprint density at radius 2 is 2.16 bits per heavy atom. The first kappa shape index (κ1) is 13.6. The predicted octanol–water partition coefficient (Wildman–Crippen LogP) is 3.60. The normalized spacial score (nSPS) is 15.9. The van der Waals surface area contributed by atoms with Crippen molar-refractivity contribution in [3.05, 3.63) is 28.3 Å². The standard InChI is InChI=1S/C14H20N2O3/c1-3-6-19-13-8-11(7-12(9-13)16(17)18)15-10-14(2)4-5-14/h7-9,15H,3-6,10H2,1-2H3. The summed E-state index contributed by atoms with van der Waals surface area (Å²) in [6, 6.07) is 4.86. The molecule has 5 heteroatoms. The number of nitro groups is 1. The Morgan fingerprint density at radius 1 is 1.42 bits per heavy atom. The van der Waals surface area contributed by atoms with Gasteiger partial charge in [-0.05, 0) is 24.7 Å². The lowest BCUT2D eigenvalue weighted by Crippen LogP contribution is -2.12. The molecule has 5 nitrogen and oxygen atoms in total. The van der Waals surface area contributed by atoms with E-state index in [0.717, 1.165) is 18.7 Å². The minimum Gasteiger partial charge on any atom is -0.493 e. The van der Waals surface area contributed by atoms with Crippen LogP contribution in [0.1, 0.15) is 33.1 Å². The van der Waals surface area contributed by atoms with Crippen LogP contribution in [0.15, 0.2) is 18.2 Å². The lowest BCUT2D eigenvalue weighted by molar-refractivity contribution is -0.384. The Labute approximate surface area is 113 Å². The molecule has 0 heterocycles. The average Bonchev–Trinajstić information content (AvgIpc) is 3.12. The molecule has 0 saturated heterocycles. The fourth-order valence-electron chi connectivity index (χ4n) is 1.80. The second kappa shape index (κ2) is 5.47. The number of nitrogens with zero attached hydrogens (tertiary/aromatic N) is 1. The van der Waals surface area contributed by atoms with Crippen molar-refractivity contribution in [1.29, 1.82) is 0 Å². The van der Waals surface area contributed by atoms with Gasteiger partial charge in [0.15, 0.2) is 0 Å². The van der Waals surface area contributed by atoms with Gasteiger partial charge in [0, 0.05) is 24.4 Å². The van der Waals surface area contributed by atoms with Gasteiger partial charge in [-0.2, -0.15) is 0 Å². The van der Waals surface area contributed by atoms with Crippen molar-refractivity contribution in [3.63, 3.8) is 0 Å². The van der Waals surface area contributed by atoms with Crippen molar-refractivity contribution < 1.29 is 9.66 Å². The molecule has 0 aromatic heterocycles. The Kier molecular flexibility index (Phi) is 3.93. The van der Waals surface area contributed by atoms with Crippen LogP contribution in [-0.2, 0) is 0 Å². The Balaban J connectivity index is 2.10. The molecular weight excluding hydrogens is 244 g/mol. The maximum Gasteiger partial charge on any atom is 0.275 e. The number of rotatable bonds is 7. The van der Waals surface area contributed by atoms with Crippen LogP contribution in [0.25, 0.3) is 0 Å². The van der Waals surface area contributed by atoms with E-state index < -0.39 is 0 Å². The van der Waals surface area contributed by atoms with E-state index >= 15 is 0 Å². The molecule has 19 heavy (non-hydrogen) atoms. The largest absolute Gasteiger partial charge is 0.493 e. The Bertz CT molecular complexity index is 470. The van der Waals surface area contributed by atoms with Crippen LogP contribution in [0.5, 0.6) is 5.75 Å². The number of hydrogen-bond donors (Lipinski definition) is 1. The number of ether oxygens (including phenoxy) is 1. The Hall–Kier alpha value is -1.78. The maximum absolute atomic E-state index is 10.9. The van der Waals surface area contributed by atoms with Gasteiger partial charge in [0.05, 0.1) is 17.6 Å². The highest BCUT2D eigenvalue weighted by Crippen LogP contribution is 2.44. The third-order valence-electron chi connectivity index (χ3n) is 3.40. The topological polar surface area (TPSA) is 64.4 Å². The van der Waals surface area contributed by atoms with Gasteiger partial charge in [-0.25, -0.2) is 0 Å². The van der Waals surface area contributed by atoms with E-state index in [2.05, 4.69) is 12.2 Å². The number of benzene rings is 1. The van der Waals surface area contributed by atoms with Gasteiger partial charge in [0.1, 0.15) is 5.75 Å². The van der Waals surface area contributed by atoms with Crippen LogP contribution in [0.4, 0.5) is 11.4 Å². The third-order valence-corrected chi connectivity index (χ3v) is 3.40. The van der Waals surface area contributed by atoms with Crippen LogP contribution in [0.3, 0.4) is 0 Å². The molecule has 0 aliphatic heterocycles. The van der Waals surface area contributed by atoms with E-state index in [0.29, 0.717) is 17.8 Å². The number of nitro benzene ring substituents is 1. The number of non-ortho nitro benzene ring substituents is 1. The number of nitrogens with one attached hydrogen (secondary N) is 1. The summed E-state index contributed by atoms with van der Waals surface area (Å²) in [6.07, 6.45) is 3.31. The van der Waals surface area contributed by atoms with E-state index in [4.69, 9.17) is 4.74 Å². The molecule has 0 radical (unpaired) electrons. The molecule has 1 aliphatic carbocycles. The molecule has 0 spiro atoms. The highest BCUT2D eigenvalue weighted by atomic mass is 16.6. The molecule has 104 valence electrons. The molecule has 1 aromatic carbocycles. The second-order valence-corrected chi connectivity index (χ2v) is 5.49. The summed E-state index contributed by atoms with van der Waals surface area (Å²) in [4.78, 5) is 10.5. The van der Waals surface area contributed by atoms with Gasteiger partial charge in [0.2, 0.25) is 0 Å². The highest BCUT2D eigenvalue weighted by Gasteiger charge is 2.36. The van der Waals surface area contributed by atoms with Crippen LogP contribution >= 0.6 is 0 Å². The van der Waals surface area contributed by atoms with Gasteiger partial charge in [0.25, 0.3) is 5.69 Å². The van der Waals surface area contributed by atoms with Gasteiger partial charge in [-0.3, -0.25) is 10.1 Å². The third kappa shape index (κ3) is 3.84. The van der Waals surface area contributed by atoms with Crippen LogP contribution in [0, 0.1) is 15.5 Å². The second-order valence-electron chi connectivity index (χ2n) is 5.49. The van der Waals surface area contributed by atoms with Crippen LogP contribution in [0.2, 0.25) is 0 Å². The monoisotopic (exact) mass is 264 g/mol. The smallest absolute Gasteiger partial charge is 0.275 e. The molecule has 1 N–H and O–H groups in total. The van der Waals surface area contributed by atoms with Crippen molar-refractivity contribution in [2.75, 3.05) is 18.5 Å². The highest BCUT2D eigenvalue weighted by molar-refractivity contribution is 5.56. The van der Waals surface area contributed by atoms with Crippen molar-refractivity contribution in [2.24, 2.45) is 5.41 Å². The SMILES string of the molecule is CCCOc1cc(NCC2(C)CC2)cc([N+](=O)[O-])c1. The Morgan fingerprint density at radius 3 is 2.74 bits per heavy atom. The van der Waals surface area contributed by atoms with Gasteiger partial charge in [-0.1, -0.05) is 13.8 Å². The molecular formula is C14H20N2O3. The molecule has 2 rings (SSSR count). The molecule has 0 atom stereocenters. The zero-order valence-corrected chi connectivity index (χ0v) is 11.4. The molecule has 0 unspecified atom stereocenters. The summed E-state index contributed by atoms with van der Waals surface area (Å²) in [5.74, 6) is 0.555. The molecule has 0 amide bonds. The average molecular weight is 264 g/mol. The molecule has 1 fully saturated rings. The van der Waals surface area contributed by atoms with E-state index in [-0.39, 0.29) is 10.6 Å². The van der Waals surface area contributed by atoms with E-state index in [9.17, 15) is 10.1 Å². The summed E-state index contributed by atoms with van der Waals surface area (Å²) in [7, 11) is 0. The quantitative estimate of drug-likeness (QED) is 0.603. The molecule has 0 bridgehead atoms. The first-order chi connectivity index (χ1) is 9.02. The van der Waals surface area contributed by atoms with Crippen molar-refractivity contribution >= 4 is 11.4 Å². The zero-order valence-electron chi connectivity index (χ0n) is 11.4. The van der Waals surface area contributed by atoms with Crippen molar-refractivity contribution in [3.8, 4) is 5.75 Å². The van der Waals surface area contributed by atoms with E-state index in [1.54, 1.807) is 6.07 Å².